The van der Waals surface area contributed by atoms with Crippen LogP contribution < -0.4 is 32.3 Å². The van der Waals surface area contributed by atoms with Crippen molar-refractivity contribution in [3.63, 3.8) is 0 Å². The van der Waals surface area contributed by atoms with Crippen LogP contribution in [0.4, 0.5) is 20.2 Å². The third-order valence-electron chi connectivity index (χ3n) is 3.93. The summed E-state index contributed by atoms with van der Waals surface area (Å²) in [5.74, 6) is -1.62. The number of para-hydroxylation sites is 2. The zero-order valence-electron chi connectivity index (χ0n) is 16.8. The summed E-state index contributed by atoms with van der Waals surface area (Å²) in [6.07, 6.45) is 1.21. The molecule has 2 rings (SSSR count). The van der Waals surface area contributed by atoms with E-state index in [-0.39, 0.29) is 46.3 Å². The number of thiocarbonyl (C=S) groups is 2. The first-order valence-corrected chi connectivity index (χ1v) is 10.4. The normalized spacial score (nSPS) is 9.94. The lowest BCUT2D eigenvalue weighted by molar-refractivity contribution is -0.123. The SMILES string of the molecule is O=C(CCCCC(=O)NNC(=S)Nc1ccccc1F)NNC(=S)Nc1ccccc1F. The highest BCUT2D eigenvalue weighted by Gasteiger charge is 2.07. The molecule has 0 radical (unpaired) electrons. The van der Waals surface area contributed by atoms with Crippen LogP contribution in [0.3, 0.4) is 0 Å². The molecule has 0 spiro atoms. The number of halogens is 2. The van der Waals surface area contributed by atoms with Crippen LogP contribution in [0.5, 0.6) is 0 Å². The van der Waals surface area contributed by atoms with Gasteiger partial charge in [0.1, 0.15) is 11.6 Å². The molecule has 8 nitrogen and oxygen atoms in total. The van der Waals surface area contributed by atoms with Crippen molar-refractivity contribution in [3.8, 4) is 0 Å². The van der Waals surface area contributed by atoms with E-state index in [1.54, 1.807) is 24.3 Å². The van der Waals surface area contributed by atoms with Gasteiger partial charge in [-0.05, 0) is 61.5 Å². The highest BCUT2D eigenvalue weighted by molar-refractivity contribution is 7.80. The first-order chi connectivity index (χ1) is 15.3. The monoisotopic (exact) mass is 480 g/mol. The summed E-state index contributed by atoms with van der Waals surface area (Å²) in [7, 11) is 0. The molecule has 0 atom stereocenters. The standard InChI is InChI=1S/C20H22F2N6O2S2/c21-13-7-1-3-9-15(13)23-19(31)27-25-17(29)11-5-6-12-18(30)26-28-20(32)24-16-10-4-2-8-14(16)22/h1-4,7-10H,5-6,11-12H2,(H,25,29)(H,26,30)(H2,23,27,31)(H2,24,28,32). The molecule has 0 unspecified atom stereocenters. The van der Waals surface area contributed by atoms with E-state index in [9.17, 15) is 18.4 Å². The minimum Gasteiger partial charge on any atom is -0.329 e. The second kappa shape index (κ2) is 13.1. The minimum atomic E-state index is -0.473. The highest BCUT2D eigenvalue weighted by atomic mass is 32.1. The predicted octanol–water partition coefficient (Wildman–Crippen LogP) is 2.86. The summed E-state index contributed by atoms with van der Waals surface area (Å²) in [5.41, 5.74) is 10.1. The Morgan fingerprint density at radius 1 is 0.656 bits per heavy atom. The Hall–Kier alpha value is -3.38. The maximum atomic E-state index is 13.5. The van der Waals surface area contributed by atoms with E-state index in [0.717, 1.165) is 0 Å². The molecule has 0 bridgehead atoms. The molecule has 32 heavy (non-hydrogen) atoms. The lowest BCUT2D eigenvalue weighted by Crippen LogP contribution is -2.44. The lowest BCUT2D eigenvalue weighted by atomic mass is 10.2. The average molecular weight is 481 g/mol. The maximum absolute atomic E-state index is 13.5. The molecule has 0 saturated carbocycles. The molecule has 170 valence electrons. The number of benzene rings is 2. The molecule has 2 amide bonds. The molecule has 0 aliphatic rings. The largest absolute Gasteiger partial charge is 0.329 e. The third-order valence-corrected chi connectivity index (χ3v) is 4.34. The van der Waals surface area contributed by atoms with E-state index in [4.69, 9.17) is 24.4 Å². The second-order valence-electron chi connectivity index (χ2n) is 6.42. The number of rotatable bonds is 7. The number of nitrogens with one attached hydrogen (secondary N) is 6. The number of hydrogen-bond acceptors (Lipinski definition) is 4. The molecule has 12 heteroatoms. The number of carbonyl (C=O) groups excluding carboxylic acids is 2. The van der Waals surface area contributed by atoms with Crippen LogP contribution >= 0.6 is 24.4 Å². The first-order valence-electron chi connectivity index (χ1n) is 9.56. The molecule has 2 aromatic carbocycles. The molecule has 0 heterocycles. The summed E-state index contributed by atoms with van der Waals surface area (Å²) in [5, 5.41) is 5.32. The van der Waals surface area contributed by atoms with Crippen LogP contribution in [0.1, 0.15) is 25.7 Å². The van der Waals surface area contributed by atoms with Gasteiger partial charge in [0.15, 0.2) is 10.2 Å². The van der Waals surface area contributed by atoms with E-state index in [1.807, 2.05) is 0 Å². The maximum Gasteiger partial charge on any atom is 0.238 e. The Morgan fingerprint density at radius 2 is 1.03 bits per heavy atom. The van der Waals surface area contributed by atoms with Gasteiger partial charge in [0.05, 0.1) is 11.4 Å². The van der Waals surface area contributed by atoms with Crippen LogP contribution in [0, 0.1) is 11.6 Å². The Balaban J connectivity index is 1.54. The van der Waals surface area contributed by atoms with Gasteiger partial charge in [-0.2, -0.15) is 0 Å². The van der Waals surface area contributed by atoms with E-state index >= 15 is 0 Å². The number of hydrogen-bond donors (Lipinski definition) is 6. The molecular formula is C20H22F2N6O2S2. The summed E-state index contributed by atoms with van der Waals surface area (Å²) in [6, 6.07) is 12.0. The zero-order chi connectivity index (χ0) is 23.3. The van der Waals surface area contributed by atoms with Gasteiger partial charge in [-0.3, -0.25) is 31.3 Å². The Labute approximate surface area is 194 Å². The van der Waals surface area contributed by atoms with Crippen molar-refractivity contribution in [1.29, 1.82) is 0 Å². The topological polar surface area (TPSA) is 106 Å². The van der Waals surface area contributed by atoms with Crippen molar-refractivity contribution in [2.24, 2.45) is 0 Å². The molecule has 0 aliphatic carbocycles. The van der Waals surface area contributed by atoms with Crippen molar-refractivity contribution < 1.29 is 18.4 Å². The van der Waals surface area contributed by atoms with E-state index in [0.29, 0.717) is 12.8 Å². The van der Waals surface area contributed by atoms with Gasteiger partial charge in [0.2, 0.25) is 11.8 Å². The lowest BCUT2D eigenvalue weighted by Gasteiger charge is -2.12. The molecule has 0 fully saturated rings. The quantitative estimate of drug-likeness (QED) is 0.204. The van der Waals surface area contributed by atoms with Gasteiger partial charge in [-0.25, -0.2) is 8.78 Å². The second-order valence-corrected chi connectivity index (χ2v) is 7.24. The first kappa shape index (κ1) is 24.9. The fourth-order valence-electron chi connectivity index (χ4n) is 2.38. The molecule has 2 aromatic rings. The Morgan fingerprint density at radius 3 is 1.41 bits per heavy atom. The van der Waals surface area contributed by atoms with E-state index in [2.05, 4.69) is 32.3 Å². The fraction of sp³-hybridized carbons (Fsp3) is 0.200. The third kappa shape index (κ3) is 9.18. The molecular weight excluding hydrogens is 458 g/mol. The number of hydrazine groups is 2. The Kier molecular flexibility index (Phi) is 10.2. The van der Waals surface area contributed by atoms with Gasteiger partial charge in [-0.1, -0.05) is 24.3 Å². The summed E-state index contributed by atoms with van der Waals surface area (Å²) < 4.78 is 27.1. The zero-order valence-corrected chi connectivity index (χ0v) is 18.5. The number of amides is 2. The minimum absolute atomic E-state index is 0.0360. The van der Waals surface area contributed by atoms with Gasteiger partial charge in [0.25, 0.3) is 0 Å². The van der Waals surface area contributed by atoms with Gasteiger partial charge in [-0.15, -0.1) is 0 Å². The summed E-state index contributed by atoms with van der Waals surface area (Å²) in [4.78, 5) is 23.6. The van der Waals surface area contributed by atoms with Crippen molar-refractivity contribution in [2.75, 3.05) is 10.6 Å². The van der Waals surface area contributed by atoms with Crippen molar-refractivity contribution in [2.45, 2.75) is 25.7 Å². The van der Waals surface area contributed by atoms with E-state index < -0.39 is 11.6 Å². The smallest absolute Gasteiger partial charge is 0.238 e. The van der Waals surface area contributed by atoms with Gasteiger partial charge in [0, 0.05) is 12.8 Å². The van der Waals surface area contributed by atoms with Crippen molar-refractivity contribution in [3.05, 3.63) is 60.2 Å². The highest BCUT2D eigenvalue weighted by Crippen LogP contribution is 2.12. The summed E-state index contributed by atoms with van der Waals surface area (Å²) in [6.45, 7) is 0. The van der Waals surface area contributed by atoms with Crippen LogP contribution in [-0.2, 0) is 9.59 Å². The Bertz CT molecular complexity index is 899. The summed E-state index contributed by atoms with van der Waals surface area (Å²) >= 11 is 9.96. The molecule has 6 N–H and O–H groups in total. The van der Waals surface area contributed by atoms with Crippen LogP contribution in [0.2, 0.25) is 0 Å². The van der Waals surface area contributed by atoms with Crippen LogP contribution in [-0.4, -0.2) is 22.0 Å². The molecule has 0 aliphatic heterocycles. The number of unbranched alkanes of at least 4 members (excludes halogenated alkanes) is 1. The number of carbonyl (C=O) groups is 2. The average Bonchev–Trinajstić information content (AvgIpc) is 2.77. The predicted molar refractivity (Wildman–Crippen MR) is 126 cm³/mol. The van der Waals surface area contributed by atoms with Gasteiger partial charge >= 0.3 is 0 Å². The van der Waals surface area contributed by atoms with Crippen LogP contribution in [0.25, 0.3) is 0 Å². The molecule has 0 saturated heterocycles. The van der Waals surface area contributed by atoms with Crippen molar-refractivity contribution in [1.82, 2.24) is 21.7 Å². The molecule has 0 aromatic heterocycles. The number of anilines is 2. The fourth-order valence-corrected chi connectivity index (χ4v) is 2.70. The van der Waals surface area contributed by atoms with Gasteiger partial charge < -0.3 is 10.6 Å². The van der Waals surface area contributed by atoms with Crippen molar-refractivity contribution >= 4 is 57.8 Å². The van der Waals surface area contributed by atoms with E-state index in [1.165, 1.54) is 24.3 Å². The van der Waals surface area contributed by atoms with Crippen LogP contribution in [0.15, 0.2) is 48.5 Å².